The van der Waals surface area contributed by atoms with Crippen LogP contribution in [0.2, 0.25) is 0 Å². The number of β-amino-alcohol motifs (C(OH)–C–C–N with tert-alkyl or cyclic N) is 1. The summed E-state index contributed by atoms with van der Waals surface area (Å²) in [7, 11) is 0. The molecule has 8 nitrogen and oxygen atoms in total. The molecule has 1 N–H and O–H groups in total. The lowest BCUT2D eigenvalue weighted by Crippen LogP contribution is -2.36. The van der Waals surface area contributed by atoms with Crippen LogP contribution >= 0.6 is 0 Å². The van der Waals surface area contributed by atoms with Gasteiger partial charge in [0.15, 0.2) is 5.76 Å². The van der Waals surface area contributed by atoms with Crippen LogP contribution in [0, 0.1) is 0 Å². The predicted molar refractivity (Wildman–Crippen MR) is 75.5 cm³/mol. The van der Waals surface area contributed by atoms with Crippen molar-refractivity contribution in [3.05, 3.63) is 24.3 Å². The molecule has 0 aromatic carbocycles. The first-order valence-electron chi connectivity index (χ1n) is 7.14. The number of hydrogen-bond acceptors (Lipinski definition) is 7. The first-order valence-corrected chi connectivity index (χ1v) is 7.14. The Kier molecular flexibility index (Phi) is 4.21. The fourth-order valence-corrected chi connectivity index (χ4v) is 2.49. The van der Waals surface area contributed by atoms with Crippen LogP contribution in [0.25, 0.3) is 11.7 Å². The molecule has 1 aliphatic heterocycles. The van der Waals surface area contributed by atoms with Gasteiger partial charge in [-0.25, -0.2) is 0 Å². The molecule has 2 aromatic heterocycles. The molecule has 1 atom stereocenters. The number of amides is 1. The molecule has 1 unspecified atom stereocenters. The molecule has 3 rings (SSSR count). The molecular weight excluding hydrogens is 288 g/mol. The maximum Gasteiger partial charge on any atom is 0.283 e. The zero-order valence-electron chi connectivity index (χ0n) is 12.3. The largest absolute Gasteiger partial charge is 0.459 e. The lowest BCUT2D eigenvalue weighted by molar-refractivity contribution is -0.129. The fraction of sp³-hybridized carbons (Fsp3) is 0.500. The number of nitrogens with zero attached hydrogens (tertiary/aromatic N) is 4. The predicted octanol–water partition coefficient (Wildman–Crippen LogP) is 0.355. The summed E-state index contributed by atoms with van der Waals surface area (Å²) in [5.41, 5.74) is 0. The van der Waals surface area contributed by atoms with E-state index in [1.165, 1.54) is 6.92 Å². The summed E-state index contributed by atoms with van der Waals surface area (Å²) >= 11 is 0. The van der Waals surface area contributed by atoms with Gasteiger partial charge in [-0.15, -0.1) is 10.2 Å². The van der Waals surface area contributed by atoms with Crippen molar-refractivity contribution in [1.29, 1.82) is 0 Å². The van der Waals surface area contributed by atoms with Gasteiger partial charge >= 0.3 is 0 Å². The van der Waals surface area contributed by atoms with Crippen molar-refractivity contribution >= 4 is 5.91 Å². The molecule has 1 aliphatic rings. The Balaban J connectivity index is 1.64. The van der Waals surface area contributed by atoms with Crippen molar-refractivity contribution in [2.75, 3.05) is 26.2 Å². The van der Waals surface area contributed by atoms with Gasteiger partial charge in [-0.05, 0) is 12.1 Å². The second-order valence-electron chi connectivity index (χ2n) is 5.33. The summed E-state index contributed by atoms with van der Waals surface area (Å²) in [4.78, 5) is 15.1. The molecule has 1 saturated heterocycles. The quantitative estimate of drug-likeness (QED) is 0.874. The van der Waals surface area contributed by atoms with Crippen LogP contribution in [0.4, 0.5) is 0 Å². The van der Waals surface area contributed by atoms with Crippen molar-refractivity contribution in [2.24, 2.45) is 0 Å². The first-order chi connectivity index (χ1) is 10.6. The average molecular weight is 306 g/mol. The first kappa shape index (κ1) is 14.7. The molecule has 0 spiro atoms. The van der Waals surface area contributed by atoms with Crippen molar-refractivity contribution in [3.8, 4) is 11.7 Å². The van der Waals surface area contributed by atoms with Crippen LogP contribution < -0.4 is 0 Å². The fourth-order valence-electron chi connectivity index (χ4n) is 2.49. The Morgan fingerprint density at radius 1 is 1.41 bits per heavy atom. The minimum atomic E-state index is -0.584. The highest BCUT2D eigenvalue weighted by atomic mass is 16.4. The van der Waals surface area contributed by atoms with Crippen molar-refractivity contribution < 1.29 is 18.7 Å². The highest BCUT2D eigenvalue weighted by molar-refractivity contribution is 5.73. The molecular formula is C14H18N4O4. The van der Waals surface area contributed by atoms with E-state index >= 15 is 0 Å². The third-order valence-corrected chi connectivity index (χ3v) is 3.59. The van der Waals surface area contributed by atoms with E-state index in [-0.39, 0.29) is 5.91 Å². The number of carbonyl (C=O) groups is 1. The molecule has 118 valence electrons. The highest BCUT2D eigenvalue weighted by Gasteiger charge is 2.24. The van der Waals surface area contributed by atoms with Crippen LogP contribution in [0.15, 0.2) is 27.2 Å². The summed E-state index contributed by atoms with van der Waals surface area (Å²) in [5.74, 6) is 1.28. The van der Waals surface area contributed by atoms with Crippen molar-refractivity contribution in [1.82, 2.24) is 20.0 Å². The maximum atomic E-state index is 11.4. The molecule has 1 amide bonds. The molecule has 22 heavy (non-hydrogen) atoms. The lowest BCUT2D eigenvalue weighted by atomic mass is 10.3. The van der Waals surface area contributed by atoms with E-state index in [4.69, 9.17) is 8.83 Å². The lowest BCUT2D eigenvalue weighted by Gasteiger charge is -2.19. The maximum absolute atomic E-state index is 11.4. The molecule has 0 aliphatic carbocycles. The number of hydrogen-bond donors (Lipinski definition) is 1. The molecule has 8 heteroatoms. The molecule has 2 aromatic rings. The summed E-state index contributed by atoms with van der Waals surface area (Å²) in [6, 6.07) is 3.50. The summed E-state index contributed by atoms with van der Waals surface area (Å²) < 4.78 is 10.8. The molecule has 1 fully saturated rings. The number of furan rings is 1. The Morgan fingerprint density at radius 2 is 2.27 bits per heavy atom. The second-order valence-corrected chi connectivity index (χ2v) is 5.33. The van der Waals surface area contributed by atoms with Crippen LogP contribution in [0.3, 0.4) is 0 Å². The van der Waals surface area contributed by atoms with Gasteiger partial charge in [0, 0.05) is 33.1 Å². The van der Waals surface area contributed by atoms with Crippen molar-refractivity contribution in [2.45, 2.75) is 19.6 Å². The number of rotatable bonds is 3. The molecule has 0 bridgehead atoms. The van der Waals surface area contributed by atoms with E-state index in [2.05, 4.69) is 10.2 Å². The van der Waals surface area contributed by atoms with E-state index in [9.17, 15) is 9.90 Å². The van der Waals surface area contributed by atoms with Gasteiger partial charge in [0.2, 0.25) is 11.8 Å². The smallest absolute Gasteiger partial charge is 0.283 e. The average Bonchev–Trinajstić information content (AvgIpc) is 3.10. The Hall–Kier alpha value is -2.19. The van der Waals surface area contributed by atoms with Crippen LogP contribution in [0.5, 0.6) is 0 Å². The van der Waals surface area contributed by atoms with Gasteiger partial charge in [0.25, 0.3) is 5.89 Å². The Labute approximate surface area is 127 Å². The van der Waals surface area contributed by atoms with Crippen LogP contribution in [-0.4, -0.2) is 63.3 Å². The van der Waals surface area contributed by atoms with Gasteiger partial charge < -0.3 is 18.8 Å². The van der Waals surface area contributed by atoms with Gasteiger partial charge in [0.05, 0.1) is 18.9 Å². The van der Waals surface area contributed by atoms with E-state index in [1.54, 1.807) is 23.3 Å². The SMILES string of the molecule is CC(=O)N1CCN(Cc2nnc(-c3ccco3)o2)CC(O)C1. The molecule has 3 heterocycles. The molecule has 0 saturated carbocycles. The minimum absolute atomic E-state index is 0.0289. The monoisotopic (exact) mass is 306 g/mol. The van der Waals surface area contributed by atoms with Gasteiger partial charge in [0.1, 0.15) is 0 Å². The van der Waals surface area contributed by atoms with Gasteiger partial charge in [-0.2, -0.15) is 0 Å². The topological polar surface area (TPSA) is 95.8 Å². The zero-order valence-corrected chi connectivity index (χ0v) is 12.3. The van der Waals surface area contributed by atoms with E-state index in [0.717, 1.165) is 0 Å². The summed E-state index contributed by atoms with van der Waals surface area (Å²) in [5, 5.41) is 17.9. The number of aliphatic hydroxyl groups is 1. The Morgan fingerprint density at radius 3 is 3.00 bits per heavy atom. The zero-order chi connectivity index (χ0) is 15.5. The normalized spacial score (nSPS) is 20.1. The third kappa shape index (κ3) is 3.34. The van der Waals surface area contributed by atoms with Crippen LogP contribution in [0.1, 0.15) is 12.8 Å². The number of carbonyl (C=O) groups excluding carboxylic acids is 1. The highest BCUT2D eigenvalue weighted by Crippen LogP contribution is 2.18. The van der Waals surface area contributed by atoms with E-state index in [1.807, 2.05) is 4.90 Å². The standard InChI is InChI=1S/C14H18N4O4/c1-10(19)18-5-4-17(7-11(20)8-18)9-13-15-16-14(22-13)12-3-2-6-21-12/h2-3,6,11,20H,4-5,7-9H2,1H3. The van der Waals surface area contributed by atoms with E-state index in [0.29, 0.717) is 50.3 Å². The summed E-state index contributed by atoms with van der Waals surface area (Å²) in [6.07, 6.45) is 0.958. The minimum Gasteiger partial charge on any atom is -0.459 e. The Bertz CT molecular complexity index is 625. The molecule has 0 radical (unpaired) electrons. The second kappa shape index (κ2) is 6.29. The third-order valence-electron chi connectivity index (χ3n) is 3.59. The summed E-state index contributed by atoms with van der Waals surface area (Å²) in [6.45, 7) is 3.97. The number of aromatic nitrogens is 2. The van der Waals surface area contributed by atoms with Crippen LogP contribution in [-0.2, 0) is 11.3 Å². The van der Waals surface area contributed by atoms with Gasteiger partial charge in [-0.1, -0.05) is 0 Å². The van der Waals surface area contributed by atoms with Crippen molar-refractivity contribution in [3.63, 3.8) is 0 Å². The van der Waals surface area contributed by atoms with Gasteiger partial charge in [-0.3, -0.25) is 9.69 Å². The number of aliphatic hydroxyl groups excluding tert-OH is 1. The van der Waals surface area contributed by atoms with E-state index < -0.39 is 6.10 Å².